The second-order valence-corrected chi connectivity index (χ2v) is 3.09. The molecule has 1 saturated carbocycles. The van der Waals surface area contributed by atoms with Crippen LogP contribution in [-0.4, -0.2) is 18.1 Å². The van der Waals surface area contributed by atoms with E-state index in [1.54, 1.807) is 6.07 Å². The Balaban J connectivity index is 2.17. The number of methoxy groups -OCH3 is 1. The van der Waals surface area contributed by atoms with E-state index in [0.717, 1.165) is 5.69 Å². The largest absolute Gasteiger partial charge is 0.464 e. The number of rotatable bonds is 2. The first kappa shape index (κ1) is 7.40. The second kappa shape index (κ2) is 2.66. The van der Waals surface area contributed by atoms with Gasteiger partial charge in [-0.2, -0.15) is 0 Å². The molecule has 64 valence electrons. The van der Waals surface area contributed by atoms with Crippen LogP contribution in [0.5, 0.6) is 0 Å². The van der Waals surface area contributed by atoms with Gasteiger partial charge in [-0.05, 0) is 30.9 Å². The molecule has 0 bridgehead atoms. The molecule has 1 aromatic rings. The van der Waals surface area contributed by atoms with Crippen molar-refractivity contribution in [1.82, 2.24) is 4.98 Å². The summed E-state index contributed by atoms with van der Waals surface area (Å²) in [5.41, 5.74) is 1.72. The Kier molecular flexibility index (Phi) is 1.64. The third-order valence-corrected chi connectivity index (χ3v) is 2.13. The van der Waals surface area contributed by atoms with Gasteiger partial charge < -0.3 is 9.72 Å². The molecule has 0 aromatic carbocycles. The topological polar surface area (TPSA) is 42.1 Å². The molecule has 1 N–H and O–H groups in total. The van der Waals surface area contributed by atoms with Gasteiger partial charge in [0, 0.05) is 5.69 Å². The maximum atomic E-state index is 11.0. The van der Waals surface area contributed by atoms with Crippen LogP contribution in [0.25, 0.3) is 0 Å². The molecule has 3 nitrogen and oxygen atoms in total. The molecule has 0 amide bonds. The van der Waals surface area contributed by atoms with Crippen LogP contribution < -0.4 is 0 Å². The summed E-state index contributed by atoms with van der Waals surface area (Å²) in [6, 6.07) is 3.74. The lowest BCUT2D eigenvalue weighted by molar-refractivity contribution is 0.0594. The number of carbonyl (C=O) groups excluding carboxylic acids is 1. The maximum absolute atomic E-state index is 11.0. The van der Waals surface area contributed by atoms with Crippen molar-refractivity contribution in [3.8, 4) is 0 Å². The lowest BCUT2D eigenvalue weighted by atomic mass is 10.3. The lowest BCUT2D eigenvalue weighted by Gasteiger charge is -1.94. The van der Waals surface area contributed by atoms with E-state index in [0.29, 0.717) is 11.6 Å². The summed E-state index contributed by atoms with van der Waals surface area (Å²) in [7, 11) is 1.39. The van der Waals surface area contributed by atoms with Crippen molar-refractivity contribution in [2.75, 3.05) is 7.11 Å². The van der Waals surface area contributed by atoms with Crippen LogP contribution in [0.1, 0.15) is 34.9 Å². The summed E-state index contributed by atoms with van der Waals surface area (Å²) >= 11 is 0. The summed E-state index contributed by atoms with van der Waals surface area (Å²) in [6.07, 6.45) is 2.47. The van der Waals surface area contributed by atoms with E-state index in [4.69, 9.17) is 0 Å². The van der Waals surface area contributed by atoms with Crippen molar-refractivity contribution in [3.05, 3.63) is 23.5 Å². The molecule has 0 radical (unpaired) electrons. The lowest BCUT2D eigenvalue weighted by Crippen LogP contribution is -2.01. The molecule has 1 fully saturated rings. The predicted molar refractivity (Wildman–Crippen MR) is 44.1 cm³/mol. The van der Waals surface area contributed by atoms with Crippen LogP contribution in [0, 0.1) is 0 Å². The zero-order chi connectivity index (χ0) is 8.55. The number of hydrogen-bond donors (Lipinski definition) is 1. The summed E-state index contributed by atoms with van der Waals surface area (Å²) in [4.78, 5) is 14.1. The highest BCUT2D eigenvalue weighted by Gasteiger charge is 2.25. The van der Waals surface area contributed by atoms with Gasteiger partial charge in [0.15, 0.2) is 0 Å². The van der Waals surface area contributed by atoms with Crippen LogP contribution in [-0.2, 0) is 4.74 Å². The van der Waals surface area contributed by atoms with Crippen LogP contribution >= 0.6 is 0 Å². The molecule has 0 spiro atoms. The highest BCUT2D eigenvalue weighted by atomic mass is 16.5. The highest BCUT2D eigenvalue weighted by Crippen LogP contribution is 2.39. The second-order valence-electron chi connectivity index (χ2n) is 3.09. The summed E-state index contributed by atoms with van der Waals surface area (Å²) in [6.45, 7) is 0. The van der Waals surface area contributed by atoms with Crippen molar-refractivity contribution in [2.24, 2.45) is 0 Å². The van der Waals surface area contributed by atoms with Crippen molar-refractivity contribution >= 4 is 5.97 Å². The number of H-pyrrole nitrogens is 1. The standard InChI is InChI=1S/C9H11NO2/c1-12-9(11)8-5-4-7(10-8)6-2-3-6/h4-6,10H,2-3H2,1H3. The summed E-state index contributed by atoms with van der Waals surface area (Å²) < 4.78 is 4.58. The Morgan fingerprint density at radius 1 is 1.58 bits per heavy atom. The Labute approximate surface area is 70.7 Å². The van der Waals surface area contributed by atoms with Gasteiger partial charge in [0.2, 0.25) is 0 Å². The Bertz CT molecular complexity index is 299. The molecule has 1 aliphatic rings. The Morgan fingerprint density at radius 2 is 2.33 bits per heavy atom. The molecule has 0 saturated heterocycles. The monoisotopic (exact) mass is 165 g/mol. The quantitative estimate of drug-likeness (QED) is 0.677. The van der Waals surface area contributed by atoms with Crippen molar-refractivity contribution in [1.29, 1.82) is 0 Å². The molecule has 0 atom stereocenters. The van der Waals surface area contributed by atoms with Gasteiger partial charge in [-0.3, -0.25) is 0 Å². The molecule has 0 unspecified atom stereocenters. The average molecular weight is 165 g/mol. The van der Waals surface area contributed by atoms with Gasteiger partial charge in [0.1, 0.15) is 5.69 Å². The minimum absolute atomic E-state index is 0.290. The summed E-state index contributed by atoms with van der Waals surface area (Å²) in [5.74, 6) is 0.366. The van der Waals surface area contributed by atoms with E-state index in [2.05, 4.69) is 9.72 Å². The minimum atomic E-state index is -0.290. The van der Waals surface area contributed by atoms with Crippen molar-refractivity contribution in [3.63, 3.8) is 0 Å². The minimum Gasteiger partial charge on any atom is -0.464 e. The molecular weight excluding hydrogens is 154 g/mol. The molecule has 3 heteroatoms. The van der Waals surface area contributed by atoms with Gasteiger partial charge in [0.05, 0.1) is 7.11 Å². The van der Waals surface area contributed by atoms with Gasteiger partial charge in [0.25, 0.3) is 0 Å². The number of carbonyl (C=O) groups is 1. The predicted octanol–water partition coefficient (Wildman–Crippen LogP) is 1.68. The number of ether oxygens (including phenoxy) is 1. The third kappa shape index (κ3) is 1.22. The number of aromatic amines is 1. The summed E-state index contributed by atoms with van der Waals surface area (Å²) in [5, 5.41) is 0. The van der Waals surface area contributed by atoms with E-state index < -0.39 is 0 Å². The number of nitrogens with one attached hydrogen (secondary N) is 1. The fourth-order valence-electron chi connectivity index (χ4n) is 1.27. The van der Waals surface area contributed by atoms with Gasteiger partial charge >= 0.3 is 5.97 Å². The van der Waals surface area contributed by atoms with E-state index in [9.17, 15) is 4.79 Å². The molecule has 1 aromatic heterocycles. The van der Waals surface area contributed by atoms with Gasteiger partial charge in [-0.25, -0.2) is 4.79 Å². The number of esters is 1. The molecular formula is C9H11NO2. The first-order valence-electron chi connectivity index (χ1n) is 4.08. The fraction of sp³-hybridized carbons (Fsp3) is 0.444. The molecule has 12 heavy (non-hydrogen) atoms. The van der Waals surface area contributed by atoms with Crippen molar-refractivity contribution < 1.29 is 9.53 Å². The van der Waals surface area contributed by atoms with E-state index >= 15 is 0 Å². The molecule has 0 aliphatic heterocycles. The van der Waals surface area contributed by atoms with Crippen LogP contribution in [0.3, 0.4) is 0 Å². The van der Waals surface area contributed by atoms with E-state index in [1.807, 2.05) is 6.07 Å². The highest BCUT2D eigenvalue weighted by molar-refractivity contribution is 5.87. The molecule has 2 rings (SSSR count). The molecule has 1 aliphatic carbocycles. The SMILES string of the molecule is COC(=O)c1ccc(C2CC2)[nH]1. The van der Waals surface area contributed by atoms with Gasteiger partial charge in [-0.15, -0.1) is 0 Å². The first-order chi connectivity index (χ1) is 5.81. The zero-order valence-corrected chi connectivity index (χ0v) is 6.96. The average Bonchev–Trinajstić information content (AvgIpc) is 2.83. The van der Waals surface area contributed by atoms with Gasteiger partial charge in [-0.1, -0.05) is 0 Å². The maximum Gasteiger partial charge on any atom is 0.354 e. The third-order valence-electron chi connectivity index (χ3n) is 2.13. The van der Waals surface area contributed by atoms with Crippen LogP contribution in [0.15, 0.2) is 12.1 Å². The fourth-order valence-corrected chi connectivity index (χ4v) is 1.27. The van der Waals surface area contributed by atoms with Crippen LogP contribution in [0.4, 0.5) is 0 Å². The Hall–Kier alpha value is -1.25. The number of hydrogen-bond acceptors (Lipinski definition) is 2. The molecule has 1 heterocycles. The van der Waals surface area contributed by atoms with E-state index in [1.165, 1.54) is 20.0 Å². The zero-order valence-electron chi connectivity index (χ0n) is 6.96. The first-order valence-corrected chi connectivity index (χ1v) is 4.08. The Morgan fingerprint density at radius 3 is 2.92 bits per heavy atom. The number of aromatic nitrogens is 1. The van der Waals surface area contributed by atoms with Crippen LogP contribution in [0.2, 0.25) is 0 Å². The van der Waals surface area contributed by atoms with Crippen molar-refractivity contribution in [2.45, 2.75) is 18.8 Å². The smallest absolute Gasteiger partial charge is 0.354 e. The normalized spacial score (nSPS) is 16.1. The van der Waals surface area contributed by atoms with E-state index in [-0.39, 0.29) is 5.97 Å².